The smallest absolute Gasteiger partial charge is 0.338 e. The minimum atomic E-state index is 0. The predicted octanol–water partition coefficient (Wildman–Crippen LogP) is -3.58. The second kappa shape index (κ2) is 8.05. The minimum Gasteiger partial charge on any atom is -1.00 e. The van der Waals surface area contributed by atoms with Crippen molar-refractivity contribution in [2.75, 3.05) is 6.54 Å². The Morgan fingerprint density at radius 1 is 1.67 bits per heavy atom. The maximum absolute atomic E-state index is 5.30. The second-order valence-electron chi connectivity index (χ2n) is 1.63. The van der Waals surface area contributed by atoms with E-state index < -0.39 is 0 Å². The van der Waals surface area contributed by atoms with Crippen LogP contribution < -0.4 is 23.1 Å². The number of halogens is 2. The summed E-state index contributed by atoms with van der Waals surface area (Å²) in [6, 6.07) is 0. The van der Waals surface area contributed by atoms with Gasteiger partial charge in [-0.3, -0.25) is 10.7 Å². The lowest BCUT2D eigenvalue weighted by atomic mass is 10.3. The summed E-state index contributed by atoms with van der Waals surface area (Å²) in [5.41, 5.74) is 5.10. The maximum Gasteiger partial charge on any atom is 0.338 e. The minimum absolute atomic E-state index is 0. The Bertz CT molecular complexity index is 79.0. The summed E-state index contributed by atoms with van der Waals surface area (Å²) in [6.45, 7) is 3.00. The summed E-state index contributed by atoms with van der Waals surface area (Å²) in [5.74, 6) is 0. The van der Waals surface area contributed by atoms with E-state index in [4.69, 9.17) is 17.3 Å². The molecule has 0 aliphatic rings. The molecule has 56 valence electrons. The zero-order valence-corrected chi connectivity index (χ0v) is 6.97. The van der Waals surface area contributed by atoms with E-state index in [1.54, 1.807) is 0 Å². The van der Waals surface area contributed by atoms with E-state index in [2.05, 4.69) is 11.9 Å². The van der Waals surface area contributed by atoms with Crippen LogP contribution >= 0.6 is 11.6 Å². The topological polar surface area (TPSA) is 40.0 Å². The van der Waals surface area contributed by atoms with Crippen LogP contribution in [0.3, 0.4) is 0 Å². The maximum atomic E-state index is 5.30. The molecule has 0 saturated heterocycles. The molecule has 0 aliphatic carbocycles. The zero-order valence-electron chi connectivity index (χ0n) is 5.45. The van der Waals surface area contributed by atoms with Crippen molar-refractivity contribution in [2.45, 2.75) is 19.8 Å². The summed E-state index contributed by atoms with van der Waals surface area (Å²) >= 11 is 5.30. The summed E-state index contributed by atoms with van der Waals surface area (Å²) in [4.78, 5) is 2.81. The number of unbranched alkanes of at least 4 members (excludes halogenated alkanes) is 1. The van der Waals surface area contributed by atoms with Gasteiger partial charge in [-0.05, 0) is 6.42 Å². The molecular formula is C5H12Cl2N2. The number of rotatable bonds is 3. The van der Waals surface area contributed by atoms with E-state index in [0.717, 1.165) is 19.4 Å². The van der Waals surface area contributed by atoms with E-state index in [1.807, 2.05) is 0 Å². The van der Waals surface area contributed by atoms with Crippen molar-refractivity contribution in [3.8, 4) is 0 Å². The molecule has 0 radical (unpaired) electrons. The normalized spacial score (nSPS) is 10.7. The fourth-order valence-corrected chi connectivity index (χ4v) is 0.479. The Labute approximate surface area is 66.9 Å². The van der Waals surface area contributed by atoms with E-state index in [1.165, 1.54) is 0 Å². The van der Waals surface area contributed by atoms with E-state index in [-0.39, 0.29) is 12.4 Å². The molecule has 0 aliphatic heterocycles. The first kappa shape index (κ1) is 11.8. The highest BCUT2D eigenvalue weighted by Crippen LogP contribution is 1.76. The van der Waals surface area contributed by atoms with Crippen LogP contribution in [-0.4, -0.2) is 11.8 Å². The van der Waals surface area contributed by atoms with Crippen molar-refractivity contribution in [1.29, 1.82) is 0 Å². The van der Waals surface area contributed by atoms with Gasteiger partial charge in [-0.1, -0.05) is 13.3 Å². The van der Waals surface area contributed by atoms with Crippen molar-refractivity contribution in [3.05, 3.63) is 0 Å². The molecule has 0 aromatic heterocycles. The van der Waals surface area contributed by atoms with Gasteiger partial charge in [0.15, 0.2) is 0 Å². The Morgan fingerprint density at radius 2 is 2.22 bits per heavy atom. The first-order chi connectivity index (χ1) is 3.77. The fraction of sp³-hybridized carbons (Fsp3) is 0.800. The molecule has 2 nitrogen and oxygen atoms in total. The molecule has 0 spiro atoms. The van der Waals surface area contributed by atoms with Crippen molar-refractivity contribution in [3.63, 3.8) is 0 Å². The molecule has 0 fully saturated rings. The third kappa shape index (κ3) is 11.6. The molecule has 0 atom stereocenters. The van der Waals surface area contributed by atoms with Gasteiger partial charge in [0.2, 0.25) is 0 Å². The van der Waals surface area contributed by atoms with Gasteiger partial charge >= 0.3 is 5.29 Å². The molecule has 3 N–H and O–H groups in total. The molecule has 0 aromatic carbocycles. The van der Waals surface area contributed by atoms with Crippen LogP contribution in [0, 0.1) is 0 Å². The number of nitrogens with one attached hydrogen (secondary N) is 1. The lowest BCUT2D eigenvalue weighted by Gasteiger charge is -1.84. The molecule has 0 unspecified atom stereocenters. The Morgan fingerprint density at radius 3 is 2.56 bits per heavy atom. The molecule has 0 amide bonds. The summed E-state index contributed by atoms with van der Waals surface area (Å²) in [7, 11) is 0. The number of hydrogen-bond acceptors (Lipinski definition) is 0. The van der Waals surface area contributed by atoms with Gasteiger partial charge in [-0.2, -0.15) is 0 Å². The van der Waals surface area contributed by atoms with Crippen molar-refractivity contribution in [2.24, 2.45) is 5.73 Å². The fourth-order valence-electron chi connectivity index (χ4n) is 0.385. The van der Waals surface area contributed by atoms with Crippen LogP contribution in [0.25, 0.3) is 0 Å². The number of hydrogen-bond donors (Lipinski definition) is 2. The van der Waals surface area contributed by atoms with E-state index in [9.17, 15) is 0 Å². The average molecular weight is 171 g/mol. The van der Waals surface area contributed by atoms with Crippen LogP contribution in [0.2, 0.25) is 0 Å². The Kier molecular flexibility index (Phi) is 10.6. The van der Waals surface area contributed by atoms with Gasteiger partial charge < -0.3 is 12.4 Å². The highest BCUT2D eigenvalue weighted by molar-refractivity contribution is 6.62. The standard InChI is InChI=1S/C5H11ClN2.ClH/c1-2-3-4-8-5(6)7;/h2-4H2,1H3,(H2,7,8);1H. The first-order valence-electron chi connectivity index (χ1n) is 2.79. The Balaban J connectivity index is 0. The molecule has 4 heteroatoms. The summed E-state index contributed by atoms with van der Waals surface area (Å²) in [6.07, 6.45) is 2.28. The highest BCUT2D eigenvalue weighted by atomic mass is 35.5. The van der Waals surface area contributed by atoms with Gasteiger partial charge in [0.25, 0.3) is 0 Å². The third-order valence-electron chi connectivity index (χ3n) is 0.824. The molecule has 0 bridgehead atoms. The lowest BCUT2D eigenvalue weighted by molar-refractivity contribution is -0.455. The monoisotopic (exact) mass is 170 g/mol. The van der Waals surface area contributed by atoms with Crippen molar-refractivity contribution in [1.82, 2.24) is 0 Å². The molecule has 0 aromatic rings. The molecule has 0 rings (SSSR count). The van der Waals surface area contributed by atoms with Gasteiger partial charge in [0, 0.05) is 11.6 Å². The highest BCUT2D eigenvalue weighted by Gasteiger charge is 1.86. The number of amidine groups is 1. The van der Waals surface area contributed by atoms with E-state index >= 15 is 0 Å². The van der Waals surface area contributed by atoms with Crippen LogP contribution in [-0.2, 0) is 0 Å². The quantitative estimate of drug-likeness (QED) is 0.196. The van der Waals surface area contributed by atoms with Crippen LogP contribution in [0.5, 0.6) is 0 Å². The predicted molar refractivity (Wildman–Crippen MR) is 35.8 cm³/mol. The molecule has 0 saturated carbocycles. The van der Waals surface area contributed by atoms with Gasteiger partial charge in [-0.25, -0.2) is 0 Å². The largest absolute Gasteiger partial charge is 1.00 e. The van der Waals surface area contributed by atoms with Crippen LogP contribution in [0.4, 0.5) is 0 Å². The van der Waals surface area contributed by atoms with Gasteiger partial charge in [0.05, 0.1) is 6.54 Å². The first-order valence-corrected chi connectivity index (χ1v) is 3.17. The van der Waals surface area contributed by atoms with Crippen molar-refractivity contribution < 1.29 is 17.4 Å². The summed E-state index contributed by atoms with van der Waals surface area (Å²) in [5, 5.41) is 0.290. The zero-order chi connectivity index (χ0) is 6.41. The SMILES string of the molecule is CCCC[NH+]=C(N)Cl.[Cl-]. The third-order valence-corrected chi connectivity index (χ3v) is 0.958. The van der Waals surface area contributed by atoms with Crippen molar-refractivity contribution >= 4 is 16.9 Å². The Hall–Kier alpha value is 0.0500. The van der Waals surface area contributed by atoms with Gasteiger partial charge in [-0.15, -0.1) is 0 Å². The molecule has 9 heavy (non-hydrogen) atoms. The van der Waals surface area contributed by atoms with Crippen LogP contribution in [0.1, 0.15) is 19.8 Å². The lowest BCUT2D eigenvalue weighted by Crippen LogP contribution is -3.00. The molecular weight excluding hydrogens is 159 g/mol. The summed E-state index contributed by atoms with van der Waals surface area (Å²) < 4.78 is 0. The van der Waals surface area contributed by atoms with E-state index in [0.29, 0.717) is 5.29 Å². The number of nitrogens with two attached hydrogens (primary N) is 1. The average Bonchev–Trinajstić information content (AvgIpc) is 1.66. The van der Waals surface area contributed by atoms with Gasteiger partial charge in [0.1, 0.15) is 0 Å². The van der Waals surface area contributed by atoms with Crippen LogP contribution in [0.15, 0.2) is 0 Å². The second-order valence-corrected chi connectivity index (χ2v) is 2.04. The molecule has 0 heterocycles.